The van der Waals surface area contributed by atoms with Crippen LogP contribution in [0.25, 0.3) is 0 Å². The smallest absolute Gasteiger partial charge is 0.323 e. The molecule has 0 radical (unpaired) electrons. The van der Waals surface area contributed by atoms with Crippen molar-refractivity contribution >= 4 is 21.8 Å². The molecular weight excluding hydrogens is 272 g/mol. The molecule has 0 spiro atoms. The predicted molar refractivity (Wildman–Crippen MR) is 67.6 cm³/mol. The molecule has 19 heavy (non-hydrogen) atoms. The monoisotopic (exact) mass is 290 g/mol. The fraction of sp³-hybridized carbons (Fsp3) is 0.818. The van der Waals surface area contributed by atoms with Gasteiger partial charge in [0.05, 0.1) is 11.0 Å². The lowest BCUT2D eigenvalue weighted by atomic mass is 10.2. The number of hydrogen-bond acceptors (Lipinski definition) is 4. The summed E-state index contributed by atoms with van der Waals surface area (Å²) in [5, 5.41) is 10.8. The molecule has 108 valence electrons. The van der Waals surface area contributed by atoms with Crippen molar-refractivity contribution in [3.63, 3.8) is 0 Å². The molecule has 1 atom stereocenters. The minimum Gasteiger partial charge on any atom is -0.480 e. The van der Waals surface area contributed by atoms with Crippen molar-refractivity contribution in [1.29, 1.82) is 0 Å². The average molecular weight is 290 g/mol. The van der Waals surface area contributed by atoms with Gasteiger partial charge in [0, 0.05) is 12.6 Å². The van der Waals surface area contributed by atoms with Crippen LogP contribution >= 0.6 is 0 Å². The third kappa shape index (κ3) is 3.59. The van der Waals surface area contributed by atoms with Gasteiger partial charge in [-0.15, -0.1) is 0 Å². The molecule has 1 saturated heterocycles. The highest BCUT2D eigenvalue weighted by Crippen LogP contribution is 2.26. The molecule has 1 heterocycles. The van der Waals surface area contributed by atoms with E-state index in [1.165, 1.54) is 4.90 Å². The van der Waals surface area contributed by atoms with Crippen molar-refractivity contribution in [2.45, 2.75) is 37.0 Å². The Morgan fingerprint density at radius 3 is 2.42 bits per heavy atom. The molecule has 2 aliphatic rings. The number of nitrogens with one attached hydrogen (secondary N) is 1. The first-order chi connectivity index (χ1) is 8.90. The minimum absolute atomic E-state index is 0.0173. The van der Waals surface area contributed by atoms with Gasteiger partial charge in [-0.2, -0.15) is 0 Å². The fourth-order valence-electron chi connectivity index (χ4n) is 2.29. The topological polar surface area (TPSA) is 104 Å². The lowest BCUT2D eigenvalue weighted by Gasteiger charge is -2.21. The van der Waals surface area contributed by atoms with Gasteiger partial charge < -0.3 is 15.3 Å². The second-order valence-corrected chi connectivity index (χ2v) is 7.47. The standard InChI is InChI=1S/C11H18N2O5S/c14-10(15)7-13(8-3-4-8)11(16)12-6-9-2-1-5-19(9,17)18/h8-9H,1-7H2,(H,12,16)(H,14,15). The number of sulfone groups is 1. The molecule has 1 saturated carbocycles. The maximum Gasteiger partial charge on any atom is 0.323 e. The van der Waals surface area contributed by atoms with Crippen molar-refractivity contribution in [2.24, 2.45) is 0 Å². The predicted octanol–water partition coefficient (Wildman–Crippen LogP) is -0.178. The lowest BCUT2D eigenvalue weighted by molar-refractivity contribution is -0.137. The van der Waals surface area contributed by atoms with Gasteiger partial charge in [0.2, 0.25) is 0 Å². The maximum absolute atomic E-state index is 11.9. The maximum atomic E-state index is 11.9. The molecule has 2 fully saturated rings. The zero-order chi connectivity index (χ0) is 14.0. The fourth-order valence-corrected chi connectivity index (χ4v) is 4.05. The number of urea groups is 1. The number of rotatable bonds is 5. The van der Waals surface area contributed by atoms with E-state index < -0.39 is 27.1 Å². The van der Waals surface area contributed by atoms with Crippen molar-refractivity contribution in [3.8, 4) is 0 Å². The summed E-state index contributed by atoms with van der Waals surface area (Å²) in [5.41, 5.74) is 0. The number of carboxylic acids is 1. The van der Waals surface area contributed by atoms with Crippen LogP contribution in [0.3, 0.4) is 0 Å². The molecule has 7 nitrogen and oxygen atoms in total. The van der Waals surface area contributed by atoms with Crippen molar-refractivity contribution in [1.82, 2.24) is 10.2 Å². The van der Waals surface area contributed by atoms with Crippen LogP contribution in [0.4, 0.5) is 4.79 Å². The quantitative estimate of drug-likeness (QED) is 0.731. The summed E-state index contributed by atoms with van der Waals surface area (Å²) in [5.74, 6) is -0.884. The number of amides is 2. The molecular formula is C11H18N2O5S. The summed E-state index contributed by atoms with van der Waals surface area (Å²) < 4.78 is 23.2. The van der Waals surface area contributed by atoms with Gasteiger partial charge in [-0.25, -0.2) is 13.2 Å². The van der Waals surface area contributed by atoms with E-state index in [0.29, 0.717) is 12.8 Å². The Kier molecular flexibility index (Phi) is 3.98. The first-order valence-corrected chi connectivity index (χ1v) is 8.09. The van der Waals surface area contributed by atoms with Gasteiger partial charge in [0.1, 0.15) is 6.54 Å². The molecule has 0 aromatic rings. The normalized spacial score (nSPS) is 24.9. The number of nitrogens with zero attached hydrogens (tertiary/aromatic N) is 1. The Bertz CT molecular complexity index is 471. The molecule has 8 heteroatoms. The van der Waals surface area contributed by atoms with Crippen LogP contribution in [0.1, 0.15) is 25.7 Å². The zero-order valence-electron chi connectivity index (χ0n) is 10.5. The summed E-state index contributed by atoms with van der Waals surface area (Å²) >= 11 is 0. The summed E-state index contributed by atoms with van der Waals surface area (Å²) in [6.07, 6.45) is 2.81. The highest BCUT2D eigenvalue weighted by molar-refractivity contribution is 7.92. The van der Waals surface area contributed by atoms with E-state index in [4.69, 9.17) is 5.11 Å². The molecule has 2 rings (SSSR count). The Morgan fingerprint density at radius 2 is 1.95 bits per heavy atom. The molecule has 0 aromatic carbocycles. The van der Waals surface area contributed by atoms with Crippen molar-refractivity contribution < 1.29 is 23.1 Å². The molecule has 2 amide bonds. The van der Waals surface area contributed by atoms with Gasteiger partial charge in [-0.1, -0.05) is 0 Å². The highest BCUT2D eigenvalue weighted by atomic mass is 32.2. The summed E-state index contributed by atoms with van der Waals surface area (Å²) in [6, 6.07) is -0.497. The van der Waals surface area contributed by atoms with Crippen molar-refractivity contribution in [3.05, 3.63) is 0 Å². The van der Waals surface area contributed by atoms with E-state index in [9.17, 15) is 18.0 Å². The molecule has 1 unspecified atom stereocenters. The zero-order valence-corrected chi connectivity index (χ0v) is 11.4. The lowest BCUT2D eigenvalue weighted by Crippen LogP contribution is -2.46. The van der Waals surface area contributed by atoms with Crippen LogP contribution in [0.15, 0.2) is 0 Å². The number of carbonyl (C=O) groups is 2. The van der Waals surface area contributed by atoms with Crippen LogP contribution in [0, 0.1) is 0 Å². The Balaban J connectivity index is 1.87. The van der Waals surface area contributed by atoms with Gasteiger partial charge in [0.25, 0.3) is 0 Å². The number of hydrogen-bond donors (Lipinski definition) is 2. The summed E-state index contributed by atoms with van der Waals surface area (Å²) in [6.45, 7) is -0.266. The number of aliphatic carboxylic acids is 1. The Morgan fingerprint density at radius 1 is 1.26 bits per heavy atom. The number of carboxylic acid groups (broad SMARTS) is 1. The van der Waals surface area contributed by atoms with Crippen LogP contribution in [0.5, 0.6) is 0 Å². The third-order valence-corrected chi connectivity index (χ3v) is 5.77. The van der Waals surface area contributed by atoms with Crippen molar-refractivity contribution in [2.75, 3.05) is 18.8 Å². The Hall–Kier alpha value is -1.31. The van der Waals surface area contributed by atoms with Gasteiger partial charge in [-0.05, 0) is 25.7 Å². The number of carbonyl (C=O) groups excluding carboxylic acids is 1. The molecule has 1 aliphatic heterocycles. The summed E-state index contributed by atoms with van der Waals surface area (Å²) in [4.78, 5) is 23.8. The van der Waals surface area contributed by atoms with Gasteiger partial charge in [0.15, 0.2) is 9.84 Å². The first kappa shape index (κ1) is 14.1. The van der Waals surface area contributed by atoms with E-state index in [0.717, 1.165) is 12.8 Å². The second-order valence-electron chi connectivity index (χ2n) is 5.07. The van der Waals surface area contributed by atoms with E-state index in [1.54, 1.807) is 0 Å². The van der Waals surface area contributed by atoms with E-state index >= 15 is 0 Å². The van der Waals surface area contributed by atoms with Crippen LogP contribution in [0.2, 0.25) is 0 Å². The van der Waals surface area contributed by atoms with E-state index in [-0.39, 0.29) is 24.9 Å². The van der Waals surface area contributed by atoms with Gasteiger partial charge in [-0.3, -0.25) is 4.79 Å². The third-order valence-electron chi connectivity index (χ3n) is 3.50. The minimum atomic E-state index is -3.09. The average Bonchev–Trinajstić information content (AvgIpc) is 3.08. The second kappa shape index (κ2) is 5.36. The molecule has 1 aliphatic carbocycles. The molecule has 0 aromatic heterocycles. The van der Waals surface area contributed by atoms with E-state index in [2.05, 4.69) is 5.32 Å². The van der Waals surface area contributed by atoms with Crippen LogP contribution in [-0.2, 0) is 14.6 Å². The Labute approximate surface area is 111 Å². The van der Waals surface area contributed by atoms with Gasteiger partial charge >= 0.3 is 12.0 Å². The molecule has 0 bridgehead atoms. The SMILES string of the molecule is O=C(O)CN(C(=O)NCC1CCCS1(=O)=O)C1CC1. The van der Waals surface area contributed by atoms with E-state index in [1.807, 2.05) is 0 Å². The summed E-state index contributed by atoms with van der Waals surface area (Å²) in [7, 11) is -3.09. The van der Waals surface area contributed by atoms with Crippen LogP contribution < -0.4 is 5.32 Å². The highest BCUT2D eigenvalue weighted by Gasteiger charge is 2.35. The largest absolute Gasteiger partial charge is 0.480 e. The molecule has 2 N–H and O–H groups in total. The van der Waals surface area contributed by atoms with Crippen LogP contribution in [-0.4, -0.2) is 60.6 Å². The first-order valence-electron chi connectivity index (χ1n) is 6.38.